The highest BCUT2D eigenvalue weighted by Gasteiger charge is 2.37. The monoisotopic (exact) mass is 384 g/mol. The van der Waals surface area contributed by atoms with Crippen molar-refractivity contribution in [2.75, 3.05) is 13.2 Å². The van der Waals surface area contributed by atoms with Crippen LogP contribution in [0, 0.1) is 0 Å². The zero-order chi connectivity index (χ0) is 20.0. The van der Waals surface area contributed by atoms with Crippen LogP contribution in [0.3, 0.4) is 0 Å². The minimum atomic E-state index is -4.71. The molecular formula is C17H19F3N4O3. The van der Waals surface area contributed by atoms with Crippen molar-refractivity contribution in [1.29, 1.82) is 0 Å². The van der Waals surface area contributed by atoms with E-state index in [0.717, 1.165) is 6.20 Å². The van der Waals surface area contributed by atoms with Crippen LogP contribution in [0.25, 0.3) is 0 Å². The van der Waals surface area contributed by atoms with Gasteiger partial charge in [0.2, 0.25) is 0 Å². The smallest absolute Gasteiger partial charge is 0.433 e. The molecule has 0 aliphatic carbocycles. The highest BCUT2D eigenvalue weighted by Crippen LogP contribution is 2.29. The number of hydrogen-bond acceptors (Lipinski definition) is 4. The highest BCUT2D eigenvalue weighted by atomic mass is 19.4. The van der Waals surface area contributed by atoms with Gasteiger partial charge in [-0.25, -0.2) is 0 Å². The Labute approximate surface area is 153 Å². The standard InChI is InChI=1S/C17H19F3N4O3/c1-3-27-12-6-4-11(5-7-12)15(25)23-10(2)8-21-16(26)13-9-22-24-14(13)17(18,19)20/h4-7,9-10H,3,8H2,1-2H3,(H,21,26)(H,22,24)(H,23,25). The molecule has 3 N–H and O–H groups in total. The van der Waals surface area contributed by atoms with E-state index in [4.69, 9.17) is 4.74 Å². The van der Waals surface area contributed by atoms with Gasteiger partial charge in [0.05, 0.1) is 18.4 Å². The van der Waals surface area contributed by atoms with Crippen LogP contribution in [-0.2, 0) is 6.18 Å². The van der Waals surface area contributed by atoms with Crippen LogP contribution in [0.1, 0.15) is 40.3 Å². The van der Waals surface area contributed by atoms with Gasteiger partial charge in [-0.15, -0.1) is 0 Å². The van der Waals surface area contributed by atoms with E-state index in [9.17, 15) is 22.8 Å². The second-order valence-electron chi connectivity index (χ2n) is 5.70. The topological polar surface area (TPSA) is 96.1 Å². The summed E-state index contributed by atoms with van der Waals surface area (Å²) in [5, 5.41) is 10.0. The molecule has 2 amide bonds. The van der Waals surface area contributed by atoms with Gasteiger partial charge in [-0.1, -0.05) is 0 Å². The Kier molecular flexibility index (Phi) is 6.43. The van der Waals surface area contributed by atoms with Crippen molar-refractivity contribution in [3.8, 4) is 5.75 Å². The van der Waals surface area contributed by atoms with E-state index in [1.807, 2.05) is 6.92 Å². The number of carbonyl (C=O) groups excluding carboxylic acids is 2. The fraction of sp³-hybridized carbons (Fsp3) is 0.353. The molecule has 1 unspecified atom stereocenters. The molecule has 0 aliphatic rings. The molecular weight excluding hydrogens is 365 g/mol. The Bertz CT molecular complexity index is 787. The molecule has 7 nitrogen and oxygen atoms in total. The van der Waals surface area contributed by atoms with Crippen LogP contribution in [0.5, 0.6) is 5.75 Å². The number of hydrogen-bond donors (Lipinski definition) is 3. The Balaban J connectivity index is 1.88. The molecule has 0 spiro atoms. The number of nitrogens with zero attached hydrogens (tertiary/aromatic N) is 1. The minimum absolute atomic E-state index is 0.0515. The van der Waals surface area contributed by atoms with Crippen LogP contribution in [0.15, 0.2) is 30.5 Å². The second-order valence-corrected chi connectivity index (χ2v) is 5.70. The number of H-pyrrole nitrogens is 1. The number of amides is 2. The summed E-state index contributed by atoms with van der Waals surface area (Å²) in [5.74, 6) is -0.674. The van der Waals surface area contributed by atoms with E-state index in [1.54, 1.807) is 36.3 Å². The Morgan fingerprint density at radius 1 is 1.22 bits per heavy atom. The van der Waals surface area contributed by atoms with E-state index >= 15 is 0 Å². The predicted octanol–water partition coefficient (Wildman–Crippen LogP) is 2.38. The second kappa shape index (κ2) is 8.56. The van der Waals surface area contributed by atoms with Crippen LogP contribution in [0.2, 0.25) is 0 Å². The van der Waals surface area contributed by atoms with Crippen molar-refractivity contribution >= 4 is 11.8 Å². The van der Waals surface area contributed by atoms with Gasteiger partial charge >= 0.3 is 6.18 Å². The molecule has 0 saturated carbocycles. The Morgan fingerprint density at radius 2 is 1.89 bits per heavy atom. The molecule has 0 aliphatic heterocycles. The molecule has 0 radical (unpaired) electrons. The SMILES string of the molecule is CCOc1ccc(C(=O)NC(C)CNC(=O)c2cn[nH]c2C(F)(F)F)cc1. The molecule has 1 aromatic carbocycles. The summed E-state index contributed by atoms with van der Waals surface area (Å²) in [6, 6.07) is 5.99. The molecule has 0 saturated heterocycles. The van der Waals surface area contributed by atoms with Gasteiger partial charge in [0, 0.05) is 18.2 Å². The lowest BCUT2D eigenvalue weighted by Crippen LogP contribution is -2.42. The maximum Gasteiger partial charge on any atom is 0.433 e. The normalized spacial score (nSPS) is 12.3. The predicted molar refractivity (Wildman–Crippen MR) is 90.5 cm³/mol. The average molecular weight is 384 g/mol. The summed E-state index contributed by atoms with van der Waals surface area (Å²) < 4.78 is 43.6. The first-order valence-corrected chi connectivity index (χ1v) is 8.14. The van der Waals surface area contributed by atoms with Crippen molar-refractivity contribution in [3.05, 3.63) is 47.3 Å². The molecule has 0 fully saturated rings. The fourth-order valence-electron chi connectivity index (χ4n) is 2.24. The van der Waals surface area contributed by atoms with E-state index in [0.29, 0.717) is 17.9 Å². The van der Waals surface area contributed by atoms with Gasteiger partial charge in [-0.3, -0.25) is 14.7 Å². The summed E-state index contributed by atoms with van der Waals surface area (Å²) >= 11 is 0. The first kappa shape index (κ1) is 20.3. The van der Waals surface area contributed by atoms with Crippen LogP contribution < -0.4 is 15.4 Å². The molecule has 10 heteroatoms. The number of ether oxygens (including phenoxy) is 1. The molecule has 0 bridgehead atoms. The first-order valence-electron chi connectivity index (χ1n) is 8.14. The Morgan fingerprint density at radius 3 is 2.48 bits per heavy atom. The lowest BCUT2D eigenvalue weighted by atomic mass is 10.2. The first-order chi connectivity index (χ1) is 12.7. The summed E-state index contributed by atoms with van der Waals surface area (Å²) in [7, 11) is 0. The lowest BCUT2D eigenvalue weighted by molar-refractivity contribution is -0.141. The number of benzene rings is 1. The van der Waals surface area contributed by atoms with Gasteiger partial charge in [0.25, 0.3) is 11.8 Å². The maximum absolute atomic E-state index is 12.8. The minimum Gasteiger partial charge on any atom is -0.494 e. The summed E-state index contributed by atoms with van der Waals surface area (Å²) in [6.07, 6.45) is -3.90. The van der Waals surface area contributed by atoms with Crippen molar-refractivity contribution < 1.29 is 27.5 Å². The zero-order valence-corrected chi connectivity index (χ0v) is 14.7. The van der Waals surface area contributed by atoms with Gasteiger partial charge in [0.15, 0.2) is 5.69 Å². The third kappa shape index (κ3) is 5.47. The number of carbonyl (C=O) groups is 2. The van der Waals surface area contributed by atoms with E-state index in [-0.39, 0.29) is 12.5 Å². The highest BCUT2D eigenvalue weighted by molar-refractivity contribution is 5.96. The number of rotatable bonds is 7. The van der Waals surface area contributed by atoms with Crippen molar-refractivity contribution in [2.45, 2.75) is 26.1 Å². The fourth-order valence-corrected chi connectivity index (χ4v) is 2.24. The molecule has 2 rings (SSSR count). The molecule has 1 heterocycles. The number of aromatic nitrogens is 2. The van der Waals surface area contributed by atoms with Gasteiger partial charge in [-0.05, 0) is 38.1 Å². The van der Waals surface area contributed by atoms with Gasteiger partial charge < -0.3 is 15.4 Å². The summed E-state index contributed by atoms with van der Waals surface area (Å²) in [5.41, 5.74) is -1.43. The van der Waals surface area contributed by atoms with Crippen LogP contribution in [-0.4, -0.2) is 41.2 Å². The number of nitrogens with one attached hydrogen (secondary N) is 3. The third-order valence-electron chi connectivity index (χ3n) is 3.54. The third-order valence-corrected chi connectivity index (χ3v) is 3.54. The molecule has 27 heavy (non-hydrogen) atoms. The van der Waals surface area contributed by atoms with Crippen molar-refractivity contribution in [2.24, 2.45) is 0 Å². The number of alkyl halides is 3. The molecule has 2 aromatic rings. The van der Waals surface area contributed by atoms with E-state index in [2.05, 4.69) is 15.7 Å². The van der Waals surface area contributed by atoms with Gasteiger partial charge in [0.1, 0.15) is 5.75 Å². The maximum atomic E-state index is 12.8. The Hall–Kier alpha value is -3.04. The van der Waals surface area contributed by atoms with E-state index in [1.165, 1.54) is 0 Å². The summed E-state index contributed by atoms with van der Waals surface area (Å²) in [6.45, 7) is 3.92. The largest absolute Gasteiger partial charge is 0.494 e. The molecule has 1 aromatic heterocycles. The van der Waals surface area contributed by atoms with Crippen LogP contribution in [0.4, 0.5) is 13.2 Å². The molecule has 146 valence electrons. The van der Waals surface area contributed by atoms with Gasteiger partial charge in [-0.2, -0.15) is 18.3 Å². The lowest BCUT2D eigenvalue weighted by Gasteiger charge is -2.15. The summed E-state index contributed by atoms with van der Waals surface area (Å²) in [4.78, 5) is 24.1. The number of halogens is 3. The van der Waals surface area contributed by atoms with Crippen molar-refractivity contribution in [3.63, 3.8) is 0 Å². The number of aromatic amines is 1. The quantitative estimate of drug-likeness (QED) is 0.683. The van der Waals surface area contributed by atoms with Crippen LogP contribution >= 0.6 is 0 Å². The average Bonchev–Trinajstić information content (AvgIpc) is 3.11. The zero-order valence-electron chi connectivity index (χ0n) is 14.7. The van der Waals surface area contributed by atoms with Crippen molar-refractivity contribution in [1.82, 2.24) is 20.8 Å². The van der Waals surface area contributed by atoms with E-state index < -0.39 is 29.4 Å². The molecule has 1 atom stereocenters.